The van der Waals surface area contributed by atoms with Crippen molar-refractivity contribution >= 4 is 29.3 Å². The van der Waals surface area contributed by atoms with E-state index >= 15 is 0 Å². The van der Waals surface area contributed by atoms with Crippen LogP contribution in [0.1, 0.15) is 17.5 Å². The molecule has 0 bridgehead atoms. The molecule has 1 aromatic rings. The Morgan fingerprint density at radius 1 is 1.52 bits per heavy atom. The lowest BCUT2D eigenvalue weighted by atomic mass is 10.1. The third-order valence-corrected chi connectivity index (χ3v) is 5.27. The first-order chi connectivity index (χ1) is 10.1. The van der Waals surface area contributed by atoms with Gasteiger partial charge in [0.2, 0.25) is 0 Å². The molecule has 4 nitrogen and oxygen atoms in total. The Hall–Kier alpha value is -0.910. The normalized spacial score (nSPS) is 21.9. The number of rotatable bonds is 4. The van der Waals surface area contributed by atoms with Crippen molar-refractivity contribution in [2.45, 2.75) is 25.4 Å². The van der Waals surface area contributed by atoms with Gasteiger partial charge >= 0.3 is 5.97 Å². The Balaban J connectivity index is 1.80. The summed E-state index contributed by atoms with van der Waals surface area (Å²) >= 11 is 8.02. The fourth-order valence-electron chi connectivity index (χ4n) is 2.97. The summed E-state index contributed by atoms with van der Waals surface area (Å²) in [6.45, 7) is 2.32. The van der Waals surface area contributed by atoms with E-state index in [1.54, 1.807) is 0 Å². The zero-order chi connectivity index (χ0) is 14.8. The number of carbonyl (C=O) groups is 1. The molecular formula is C15H18ClNO3S. The van der Waals surface area contributed by atoms with Gasteiger partial charge in [0, 0.05) is 47.6 Å². The third-order valence-electron chi connectivity index (χ3n) is 3.96. The second kappa shape index (κ2) is 6.46. The third kappa shape index (κ3) is 3.47. The summed E-state index contributed by atoms with van der Waals surface area (Å²) in [5, 5.41) is 9.80. The number of aliphatic carboxylic acids is 1. The Morgan fingerprint density at radius 2 is 2.38 bits per heavy atom. The number of nitrogens with zero attached hydrogens (tertiary/aromatic N) is 1. The van der Waals surface area contributed by atoms with Crippen LogP contribution in [0.25, 0.3) is 0 Å². The van der Waals surface area contributed by atoms with Gasteiger partial charge in [-0.25, -0.2) is 0 Å². The van der Waals surface area contributed by atoms with Gasteiger partial charge in [-0.3, -0.25) is 9.69 Å². The lowest BCUT2D eigenvalue weighted by Crippen LogP contribution is -2.43. The molecule has 114 valence electrons. The summed E-state index contributed by atoms with van der Waals surface area (Å²) in [6, 6.07) is 4.00. The van der Waals surface area contributed by atoms with E-state index in [4.69, 9.17) is 21.4 Å². The lowest BCUT2D eigenvalue weighted by molar-refractivity contribution is -0.138. The Kier molecular flexibility index (Phi) is 4.62. The number of carboxylic acids is 1. The van der Waals surface area contributed by atoms with Gasteiger partial charge in [0.05, 0.1) is 13.0 Å². The van der Waals surface area contributed by atoms with Gasteiger partial charge in [-0.1, -0.05) is 11.6 Å². The predicted octanol–water partition coefficient (Wildman–Crippen LogP) is 2.67. The van der Waals surface area contributed by atoms with E-state index < -0.39 is 5.97 Å². The minimum Gasteiger partial charge on any atom is -0.493 e. The molecule has 2 aliphatic heterocycles. The van der Waals surface area contributed by atoms with Crippen LogP contribution in [0.5, 0.6) is 5.75 Å². The summed E-state index contributed by atoms with van der Waals surface area (Å²) in [6.07, 6.45) is 1.09. The topological polar surface area (TPSA) is 49.8 Å². The Labute approximate surface area is 133 Å². The molecule has 1 aromatic carbocycles. The van der Waals surface area contributed by atoms with Crippen molar-refractivity contribution in [3.05, 3.63) is 28.3 Å². The minimum atomic E-state index is -0.736. The SMILES string of the molecule is O=C(O)CC1CSCCN1Cc1cc(Cl)cc2c1OCC2. The Bertz CT molecular complexity index is 552. The number of ether oxygens (including phenoxy) is 1. The van der Waals surface area contributed by atoms with Crippen molar-refractivity contribution in [2.75, 3.05) is 24.7 Å². The maximum Gasteiger partial charge on any atom is 0.304 e. The van der Waals surface area contributed by atoms with E-state index in [0.29, 0.717) is 13.2 Å². The predicted molar refractivity (Wildman–Crippen MR) is 84.4 cm³/mol. The molecule has 3 rings (SSSR count). The number of fused-ring (bicyclic) bond motifs is 1. The quantitative estimate of drug-likeness (QED) is 0.921. The fourth-order valence-corrected chi connectivity index (χ4v) is 4.36. The van der Waals surface area contributed by atoms with Crippen molar-refractivity contribution in [2.24, 2.45) is 0 Å². The highest BCUT2D eigenvalue weighted by molar-refractivity contribution is 7.99. The molecule has 21 heavy (non-hydrogen) atoms. The van der Waals surface area contributed by atoms with Gasteiger partial charge < -0.3 is 9.84 Å². The summed E-state index contributed by atoms with van der Waals surface area (Å²) in [5.41, 5.74) is 2.25. The molecule has 0 radical (unpaired) electrons. The highest BCUT2D eigenvalue weighted by atomic mass is 35.5. The molecule has 1 fully saturated rings. The molecular weight excluding hydrogens is 310 g/mol. The standard InChI is InChI=1S/C15H18ClNO3S/c16-12-5-10-1-3-20-15(10)11(6-12)8-17-2-4-21-9-13(17)7-14(18)19/h5-6,13H,1-4,7-9H2,(H,18,19). The molecule has 0 amide bonds. The van der Waals surface area contributed by atoms with Crippen LogP contribution in [0, 0.1) is 0 Å². The first kappa shape index (κ1) is 15.0. The number of hydrogen-bond donors (Lipinski definition) is 1. The van der Waals surface area contributed by atoms with Crippen LogP contribution in [0.15, 0.2) is 12.1 Å². The molecule has 0 saturated carbocycles. The van der Waals surface area contributed by atoms with Gasteiger partial charge in [-0.2, -0.15) is 11.8 Å². The van der Waals surface area contributed by atoms with Gasteiger partial charge in [0.15, 0.2) is 0 Å². The van der Waals surface area contributed by atoms with E-state index in [1.807, 2.05) is 23.9 Å². The molecule has 1 saturated heterocycles. The molecule has 2 aliphatic rings. The van der Waals surface area contributed by atoms with Crippen molar-refractivity contribution in [1.29, 1.82) is 0 Å². The van der Waals surface area contributed by atoms with E-state index in [0.717, 1.165) is 40.8 Å². The molecule has 0 spiro atoms. The first-order valence-electron chi connectivity index (χ1n) is 7.11. The van der Waals surface area contributed by atoms with Crippen LogP contribution in [0.2, 0.25) is 5.02 Å². The van der Waals surface area contributed by atoms with E-state index in [-0.39, 0.29) is 12.5 Å². The van der Waals surface area contributed by atoms with Crippen molar-refractivity contribution in [3.8, 4) is 5.75 Å². The first-order valence-corrected chi connectivity index (χ1v) is 8.64. The van der Waals surface area contributed by atoms with Crippen molar-refractivity contribution in [3.63, 3.8) is 0 Å². The van der Waals surface area contributed by atoms with E-state index in [2.05, 4.69) is 4.90 Å². The average Bonchev–Trinajstić information content (AvgIpc) is 2.88. The van der Waals surface area contributed by atoms with Crippen LogP contribution in [-0.2, 0) is 17.8 Å². The van der Waals surface area contributed by atoms with Crippen LogP contribution in [-0.4, -0.2) is 46.7 Å². The van der Waals surface area contributed by atoms with Gasteiger partial charge in [0.1, 0.15) is 5.75 Å². The monoisotopic (exact) mass is 327 g/mol. The molecule has 0 aliphatic carbocycles. The fraction of sp³-hybridized carbons (Fsp3) is 0.533. The van der Waals surface area contributed by atoms with Gasteiger partial charge in [-0.15, -0.1) is 0 Å². The zero-order valence-corrected chi connectivity index (χ0v) is 13.3. The van der Waals surface area contributed by atoms with Crippen LogP contribution in [0.3, 0.4) is 0 Å². The zero-order valence-electron chi connectivity index (χ0n) is 11.7. The molecule has 1 N–H and O–H groups in total. The molecule has 1 unspecified atom stereocenters. The number of halogens is 1. The molecule has 1 atom stereocenters. The van der Waals surface area contributed by atoms with Crippen LogP contribution >= 0.6 is 23.4 Å². The maximum absolute atomic E-state index is 11.0. The highest BCUT2D eigenvalue weighted by Gasteiger charge is 2.27. The largest absolute Gasteiger partial charge is 0.493 e. The van der Waals surface area contributed by atoms with Crippen LogP contribution < -0.4 is 4.74 Å². The minimum absolute atomic E-state index is 0.0808. The van der Waals surface area contributed by atoms with E-state index in [9.17, 15) is 4.79 Å². The number of hydrogen-bond acceptors (Lipinski definition) is 4. The summed E-state index contributed by atoms with van der Waals surface area (Å²) in [4.78, 5) is 13.3. The average molecular weight is 328 g/mol. The number of benzene rings is 1. The summed E-state index contributed by atoms with van der Waals surface area (Å²) in [5.74, 6) is 2.13. The van der Waals surface area contributed by atoms with E-state index in [1.165, 1.54) is 5.56 Å². The van der Waals surface area contributed by atoms with Crippen molar-refractivity contribution in [1.82, 2.24) is 4.90 Å². The molecule has 6 heteroatoms. The molecule has 2 heterocycles. The second-order valence-electron chi connectivity index (χ2n) is 5.45. The lowest BCUT2D eigenvalue weighted by Gasteiger charge is -2.34. The highest BCUT2D eigenvalue weighted by Crippen LogP contribution is 2.34. The number of carboxylic acid groups (broad SMARTS) is 1. The van der Waals surface area contributed by atoms with Crippen molar-refractivity contribution < 1.29 is 14.6 Å². The van der Waals surface area contributed by atoms with Crippen LogP contribution in [0.4, 0.5) is 0 Å². The van der Waals surface area contributed by atoms with Gasteiger partial charge in [-0.05, 0) is 17.7 Å². The summed E-state index contributed by atoms with van der Waals surface area (Å²) in [7, 11) is 0. The summed E-state index contributed by atoms with van der Waals surface area (Å²) < 4.78 is 5.74. The Morgan fingerprint density at radius 3 is 3.19 bits per heavy atom. The molecule has 0 aromatic heterocycles. The van der Waals surface area contributed by atoms with Gasteiger partial charge in [0.25, 0.3) is 0 Å². The number of thioether (sulfide) groups is 1. The maximum atomic E-state index is 11.0. The smallest absolute Gasteiger partial charge is 0.304 e. The second-order valence-corrected chi connectivity index (χ2v) is 7.03.